The summed E-state index contributed by atoms with van der Waals surface area (Å²) in [5.74, 6) is -5.86. The molecule has 2 amide bonds. The van der Waals surface area contributed by atoms with Crippen molar-refractivity contribution in [2.24, 2.45) is 0 Å². The van der Waals surface area contributed by atoms with Crippen molar-refractivity contribution in [2.75, 3.05) is 4.90 Å². The maximum Gasteiger partial charge on any atom is 0.472 e. The average molecular weight is 414 g/mol. The number of benzene rings is 2. The van der Waals surface area contributed by atoms with E-state index in [9.17, 15) is 35.9 Å². The Morgan fingerprint density at radius 3 is 2.03 bits per heavy atom. The maximum atomic E-state index is 13.0. The number of nitrogens with zero attached hydrogens (tertiary/aromatic N) is 2. The third-order valence-electron chi connectivity index (χ3n) is 4.12. The van der Waals surface area contributed by atoms with Crippen molar-refractivity contribution in [1.82, 2.24) is 4.57 Å². The van der Waals surface area contributed by atoms with Crippen LogP contribution in [0.15, 0.2) is 54.7 Å². The normalized spacial score (nSPS) is 12.2. The van der Waals surface area contributed by atoms with E-state index in [1.807, 2.05) is 0 Å². The number of aryl methyl sites for hydroxylation is 1. The average Bonchev–Trinajstić information content (AvgIpc) is 3.04. The number of para-hydroxylation sites is 1. The van der Waals surface area contributed by atoms with E-state index in [1.54, 1.807) is 30.3 Å². The lowest BCUT2D eigenvalue weighted by Crippen LogP contribution is -2.50. The van der Waals surface area contributed by atoms with Gasteiger partial charge in [-0.15, -0.1) is 0 Å². The first-order valence-electron chi connectivity index (χ1n) is 8.11. The van der Waals surface area contributed by atoms with E-state index in [0.717, 1.165) is 6.07 Å². The summed E-state index contributed by atoms with van der Waals surface area (Å²) < 4.78 is 79.6. The minimum absolute atomic E-state index is 0.188. The summed E-state index contributed by atoms with van der Waals surface area (Å²) in [4.78, 5) is 22.8. The predicted molar refractivity (Wildman–Crippen MR) is 92.6 cm³/mol. The Bertz CT molecular complexity index is 1070. The molecule has 1 aromatic heterocycles. The summed E-state index contributed by atoms with van der Waals surface area (Å²) in [6.07, 6.45) is -9.96. The number of carbonyl (C=O) groups excluding carboxylic acids is 2. The van der Waals surface area contributed by atoms with Gasteiger partial charge in [-0.2, -0.15) is 26.3 Å². The summed E-state index contributed by atoms with van der Waals surface area (Å²) in [5, 5.41) is 0.662. The number of hydrogen-bond donors (Lipinski definition) is 0. The van der Waals surface area contributed by atoms with Gasteiger partial charge in [0.15, 0.2) is 0 Å². The quantitative estimate of drug-likeness (QED) is 0.559. The van der Waals surface area contributed by atoms with Crippen molar-refractivity contribution in [3.05, 3.63) is 60.3 Å². The highest BCUT2D eigenvalue weighted by Gasteiger charge is 2.53. The van der Waals surface area contributed by atoms with Gasteiger partial charge in [0.25, 0.3) is 0 Å². The number of carbonyl (C=O) groups is 2. The van der Waals surface area contributed by atoms with E-state index in [4.69, 9.17) is 0 Å². The smallest absolute Gasteiger partial charge is 0.315 e. The molecule has 0 radical (unpaired) electrons. The van der Waals surface area contributed by atoms with Crippen LogP contribution in [0.5, 0.6) is 0 Å². The molecule has 0 aliphatic carbocycles. The molecule has 0 fully saturated rings. The minimum Gasteiger partial charge on any atom is -0.315 e. The fraction of sp³-hybridized carbons (Fsp3) is 0.158. The van der Waals surface area contributed by atoms with Crippen molar-refractivity contribution in [3.63, 3.8) is 0 Å². The Kier molecular flexibility index (Phi) is 4.89. The fourth-order valence-corrected chi connectivity index (χ4v) is 2.87. The van der Waals surface area contributed by atoms with Crippen LogP contribution in [0.25, 0.3) is 16.6 Å². The molecular formula is C19H12F6N2O2. The van der Waals surface area contributed by atoms with Gasteiger partial charge >= 0.3 is 24.2 Å². The van der Waals surface area contributed by atoms with Gasteiger partial charge in [-0.3, -0.25) is 9.59 Å². The number of imide groups is 1. The lowest BCUT2D eigenvalue weighted by molar-refractivity contribution is -0.181. The van der Waals surface area contributed by atoms with E-state index in [-0.39, 0.29) is 11.3 Å². The number of halogens is 6. The standard InChI is InChI=1S/C19H12F6N2O2/c1-11-6-7-14(26-9-8-12-4-2-3-5-13(12)26)15(10-11)27(16(28)18(20,21)22)17(29)19(23,24)25/h2-10H,1H3. The number of rotatable bonds is 2. The number of anilines is 1. The van der Waals surface area contributed by atoms with Crippen LogP contribution < -0.4 is 4.90 Å². The molecule has 1 heterocycles. The summed E-state index contributed by atoms with van der Waals surface area (Å²) in [6.45, 7) is 1.41. The molecule has 0 bridgehead atoms. The Hall–Kier alpha value is -3.30. The number of aromatic nitrogens is 1. The Morgan fingerprint density at radius 2 is 1.45 bits per heavy atom. The van der Waals surface area contributed by atoms with Crippen molar-refractivity contribution < 1.29 is 35.9 Å². The summed E-state index contributed by atoms with van der Waals surface area (Å²) in [7, 11) is 0. The third-order valence-corrected chi connectivity index (χ3v) is 4.12. The summed E-state index contributed by atoms with van der Waals surface area (Å²) in [5.41, 5.74) is -0.283. The molecule has 0 aliphatic heterocycles. The van der Waals surface area contributed by atoms with Gasteiger partial charge in [0.2, 0.25) is 0 Å². The summed E-state index contributed by atoms with van der Waals surface area (Å²) in [6, 6.07) is 11.8. The fourth-order valence-electron chi connectivity index (χ4n) is 2.87. The molecule has 3 rings (SSSR count). The Morgan fingerprint density at radius 1 is 0.862 bits per heavy atom. The molecule has 152 valence electrons. The Balaban J connectivity index is 2.30. The van der Waals surface area contributed by atoms with E-state index < -0.39 is 34.8 Å². The zero-order valence-corrected chi connectivity index (χ0v) is 14.7. The highest BCUT2D eigenvalue weighted by molar-refractivity contribution is 6.19. The van der Waals surface area contributed by atoms with Crippen molar-refractivity contribution in [1.29, 1.82) is 0 Å². The van der Waals surface area contributed by atoms with E-state index in [0.29, 0.717) is 10.9 Å². The molecular weight excluding hydrogens is 402 g/mol. The summed E-state index contributed by atoms with van der Waals surface area (Å²) >= 11 is 0. The lowest BCUT2D eigenvalue weighted by atomic mass is 10.1. The van der Waals surface area contributed by atoms with Crippen molar-refractivity contribution >= 4 is 28.4 Å². The number of amides is 2. The number of fused-ring (bicyclic) bond motifs is 1. The van der Waals surface area contributed by atoms with Gasteiger partial charge < -0.3 is 4.57 Å². The minimum atomic E-state index is -5.69. The molecule has 0 saturated carbocycles. The zero-order valence-electron chi connectivity index (χ0n) is 14.7. The van der Waals surface area contributed by atoms with E-state index in [1.165, 1.54) is 29.8 Å². The number of alkyl halides is 6. The molecule has 10 heteroatoms. The van der Waals surface area contributed by atoms with Crippen LogP contribution in [0.3, 0.4) is 0 Å². The Labute approximate surface area is 159 Å². The molecule has 2 aromatic carbocycles. The first kappa shape index (κ1) is 20.4. The molecule has 0 saturated heterocycles. The SMILES string of the molecule is Cc1ccc(-n2ccc3ccccc32)c(N(C(=O)C(F)(F)F)C(=O)C(F)(F)F)c1. The molecule has 29 heavy (non-hydrogen) atoms. The van der Waals surface area contributed by atoms with Crippen LogP contribution in [0.4, 0.5) is 32.0 Å². The van der Waals surface area contributed by atoms with Gasteiger partial charge in [-0.25, -0.2) is 4.90 Å². The molecule has 3 aromatic rings. The molecule has 0 aliphatic rings. The molecule has 0 spiro atoms. The second-order valence-electron chi connectivity index (χ2n) is 6.18. The van der Waals surface area contributed by atoms with Gasteiger partial charge in [0.05, 0.1) is 16.9 Å². The van der Waals surface area contributed by atoms with Gasteiger partial charge in [-0.05, 0) is 42.1 Å². The van der Waals surface area contributed by atoms with Crippen LogP contribution >= 0.6 is 0 Å². The van der Waals surface area contributed by atoms with Crippen LogP contribution in [-0.2, 0) is 9.59 Å². The third kappa shape index (κ3) is 3.82. The van der Waals surface area contributed by atoms with Gasteiger partial charge in [-0.1, -0.05) is 24.3 Å². The number of hydrogen-bond acceptors (Lipinski definition) is 2. The van der Waals surface area contributed by atoms with Gasteiger partial charge in [0, 0.05) is 6.20 Å². The predicted octanol–water partition coefficient (Wildman–Crippen LogP) is 4.92. The van der Waals surface area contributed by atoms with Crippen LogP contribution in [0.2, 0.25) is 0 Å². The maximum absolute atomic E-state index is 13.0. The first-order valence-corrected chi connectivity index (χ1v) is 8.11. The molecule has 4 nitrogen and oxygen atoms in total. The zero-order chi connectivity index (χ0) is 21.6. The monoisotopic (exact) mass is 414 g/mol. The molecule has 0 unspecified atom stereocenters. The molecule has 0 atom stereocenters. The highest BCUT2D eigenvalue weighted by Crippen LogP contribution is 2.35. The topological polar surface area (TPSA) is 42.3 Å². The van der Waals surface area contributed by atoms with Crippen LogP contribution in [-0.4, -0.2) is 28.7 Å². The molecule has 0 N–H and O–H groups in total. The van der Waals surface area contributed by atoms with Crippen LogP contribution in [0, 0.1) is 6.92 Å². The van der Waals surface area contributed by atoms with Crippen molar-refractivity contribution in [3.8, 4) is 5.69 Å². The highest BCUT2D eigenvalue weighted by atomic mass is 19.4. The van der Waals surface area contributed by atoms with Gasteiger partial charge in [0.1, 0.15) is 0 Å². The second kappa shape index (κ2) is 6.94. The first-order chi connectivity index (χ1) is 13.4. The van der Waals surface area contributed by atoms with Crippen molar-refractivity contribution in [2.45, 2.75) is 19.3 Å². The largest absolute Gasteiger partial charge is 0.472 e. The van der Waals surface area contributed by atoms with Crippen LogP contribution in [0.1, 0.15) is 5.56 Å². The lowest BCUT2D eigenvalue weighted by Gasteiger charge is -2.26. The van der Waals surface area contributed by atoms with E-state index >= 15 is 0 Å². The second-order valence-corrected chi connectivity index (χ2v) is 6.18. The van der Waals surface area contributed by atoms with E-state index in [2.05, 4.69) is 0 Å².